The number of hydrogen-bond acceptors (Lipinski definition) is 3. The molecule has 3 heteroatoms. The molecule has 0 aliphatic rings. The van der Waals surface area contributed by atoms with Crippen molar-refractivity contribution in [3.05, 3.63) is 48.6 Å². The Balaban J connectivity index is -0.000000329. The van der Waals surface area contributed by atoms with Gasteiger partial charge < -0.3 is 9.47 Å². The first-order chi connectivity index (χ1) is 11.3. The third-order valence-electron chi connectivity index (χ3n) is 2.98. The van der Waals surface area contributed by atoms with E-state index in [9.17, 15) is 4.79 Å². The van der Waals surface area contributed by atoms with Crippen molar-refractivity contribution in [1.82, 2.24) is 0 Å². The lowest BCUT2D eigenvalue weighted by molar-refractivity contribution is -0.139. The second kappa shape index (κ2) is 19.4. The summed E-state index contributed by atoms with van der Waals surface area (Å²) < 4.78 is 9.25. The molecular weight excluding hydrogens is 300 g/mol. The van der Waals surface area contributed by atoms with Crippen LogP contribution in [0.2, 0.25) is 0 Å². The molecule has 0 N–H and O–H groups in total. The predicted octanol–water partition coefficient (Wildman–Crippen LogP) is 5.91. The first kappa shape index (κ1) is 27.2. The van der Waals surface area contributed by atoms with Gasteiger partial charge in [-0.15, -0.1) is 0 Å². The molecule has 1 aromatic rings. The molecule has 0 heterocycles. The van der Waals surface area contributed by atoms with Crippen LogP contribution in [0, 0.1) is 5.41 Å². The Labute approximate surface area is 150 Å². The SMILES string of the molecule is C=C(C)C(=O)OCCC(C)(C)CC.CC.COC.c1ccccc1. The maximum absolute atomic E-state index is 11.0. The van der Waals surface area contributed by atoms with Gasteiger partial charge in [0.1, 0.15) is 0 Å². The van der Waals surface area contributed by atoms with E-state index in [4.69, 9.17) is 4.74 Å². The summed E-state index contributed by atoms with van der Waals surface area (Å²) >= 11 is 0. The van der Waals surface area contributed by atoms with Crippen LogP contribution in [0.5, 0.6) is 0 Å². The minimum atomic E-state index is -0.285. The van der Waals surface area contributed by atoms with Gasteiger partial charge in [-0.1, -0.05) is 84.0 Å². The Bertz CT molecular complexity index is 357. The van der Waals surface area contributed by atoms with Gasteiger partial charge in [0.2, 0.25) is 0 Å². The molecule has 3 nitrogen and oxygen atoms in total. The van der Waals surface area contributed by atoms with Crippen LogP contribution in [0.3, 0.4) is 0 Å². The fourth-order valence-corrected chi connectivity index (χ4v) is 1.10. The average molecular weight is 339 g/mol. The molecule has 0 unspecified atom stereocenters. The topological polar surface area (TPSA) is 35.5 Å². The third kappa shape index (κ3) is 22.7. The van der Waals surface area contributed by atoms with Gasteiger partial charge >= 0.3 is 5.97 Å². The lowest BCUT2D eigenvalue weighted by Gasteiger charge is -2.21. The van der Waals surface area contributed by atoms with Gasteiger partial charge in [0.15, 0.2) is 0 Å². The number of esters is 1. The largest absolute Gasteiger partial charge is 0.462 e. The van der Waals surface area contributed by atoms with Gasteiger partial charge in [-0.2, -0.15) is 0 Å². The Kier molecular flexibility index (Phi) is 22.1. The number of ether oxygens (including phenoxy) is 2. The van der Waals surface area contributed by atoms with Crippen LogP contribution < -0.4 is 0 Å². The highest BCUT2D eigenvalue weighted by molar-refractivity contribution is 5.86. The van der Waals surface area contributed by atoms with Crippen molar-refractivity contribution in [3.8, 4) is 0 Å². The summed E-state index contributed by atoms with van der Waals surface area (Å²) in [7, 11) is 3.25. The van der Waals surface area contributed by atoms with Crippen molar-refractivity contribution >= 4 is 5.97 Å². The predicted molar refractivity (Wildman–Crippen MR) is 105 cm³/mol. The van der Waals surface area contributed by atoms with Crippen LogP contribution in [0.1, 0.15) is 54.4 Å². The number of methoxy groups -OCH3 is 1. The molecule has 0 bridgehead atoms. The van der Waals surface area contributed by atoms with Gasteiger partial charge in [0.25, 0.3) is 0 Å². The minimum Gasteiger partial charge on any atom is -0.462 e. The molecule has 0 aliphatic heterocycles. The molecule has 0 amide bonds. The van der Waals surface area contributed by atoms with Gasteiger partial charge in [-0.05, 0) is 18.8 Å². The van der Waals surface area contributed by atoms with Crippen LogP contribution in [-0.2, 0) is 14.3 Å². The molecule has 0 saturated heterocycles. The molecule has 0 spiro atoms. The summed E-state index contributed by atoms with van der Waals surface area (Å²) in [5, 5.41) is 0. The molecule has 1 aromatic carbocycles. The van der Waals surface area contributed by atoms with Gasteiger partial charge in [-0.3, -0.25) is 0 Å². The fraction of sp³-hybridized carbons (Fsp3) is 0.571. The lowest BCUT2D eigenvalue weighted by atomic mass is 9.87. The Hall–Kier alpha value is -1.61. The fourth-order valence-electron chi connectivity index (χ4n) is 1.10. The van der Waals surface area contributed by atoms with E-state index in [0.717, 1.165) is 12.8 Å². The van der Waals surface area contributed by atoms with E-state index in [0.29, 0.717) is 12.2 Å². The second-order valence-corrected chi connectivity index (χ2v) is 5.75. The summed E-state index contributed by atoms with van der Waals surface area (Å²) in [6, 6.07) is 12.0. The highest BCUT2D eigenvalue weighted by Gasteiger charge is 2.15. The van der Waals surface area contributed by atoms with Crippen molar-refractivity contribution in [2.45, 2.75) is 54.4 Å². The van der Waals surface area contributed by atoms with Gasteiger partial charge in [-0.25, -0.2) is 4.79 Å². The Morgan fingerprint density at radius 2 is 1.33 bits per heavy atom. The van der Waals surface area contributed by atoms with Gasteiger partial charge in [0.05, 0.1) is 6.61 Å². The second-order valence-electron chi connectivity index (χ2n) is 5.75. The highest BCUT2D eigenvalue weighted by Crippen LogP contribution is 2.24. The zero-order valence-electron chi connectivity index (χ0n) is 17.0. The number of rotatable bonds is 5. The van der Waals surface area contributed by atoms with E-state index in [2.05, 4.69) is 32.1 Å². The number of hydrogen-bond donors (Lipinski definition) is 0. The van der Waals surface area contributed by atoms with Crippen LogP contribution in [-0.4, -0.2) is 26.8 Å². The van der Waals surface area contributed by atoms with Crippen molar-refractivity contribution < 1.29 is 14.3 Å². The van der Waals surface area contributed by atoms with Crippen molar-refractivity contribution in [3.63, 3.8) is 0 Å². The minimum absolute atomic E-state index is 0.259. The standard InChI is InChI=1S/C11H20O2.C6H6.C2H6O.C2H6/c1-6-11(4,5)7-8-13-10(12)9(2)3;1-2-4-6-5-3-1;1-3-2;1-2/h2,6-8H2,1,3-5H3;1-6H;1-2H3;1-2H3. The molecule has 24 heavy (non-hydrogen) atoms. The molecular formula is C21H38O3. The van der Waals surface area contributed by atoms with Crippen LogP contribution in [0.25, 0.3) is 0 Å². The van der Waals surface area contributed by atoms with Crippen molar-refractivity contribution in [2.24, 2.45) is 5.41 Å². The summed E-state index contributed by atoms with van der Waals surface area (Å²) in [6.45, 7) is 16.1. The summed E-state index contributed by atoms with van der Waals surface area (Å²) in [5.74, 6) is -0.285. The normalized spacial score (nSPS) is 9.00. The molecule has 0 aliphatic carbocycles. The highest BCUT2D eigenvalue weighted by atomic mass is 16.5. The molecule has 140 valence electrons. The zero-order chi connectivity index (χ0) is 19.4. The van der Waals surface area contributed by atoms with Crippen LogP contribution >= 0.6 is 0 Å². The van der Waals surface area contributed by atoms with E-state index in [1.54, 1.807) is 21.1 Å². The molecule has 0 radical (unpaired) electrons. The molecule has 0 aromatic heterocycles. The van der Waals surface area contributed by atoms with Crippen molar-refractivity contribution in [1.29, 1.82) is 0 Å². The molecule has 0 atom stereocenters. The van der Waals surface area contributed by atoms with Crippen LogP contribution in [0.4, 0.5) is 0 Å². The van der Waals surface area contributed by atoms with E-state index in [1.807, 2.05) is 50.2 Å². The third-order valence-corrected chi connectivity index (χ3v) is 2.98. The van der Waals surface area contributed by atoms with E-state index < -0.39 is 0 Å². The first-order valence-electron chi connectivity index (χ1n) is 8.53. The van der Waals surface area contributed by atoms with E-state index in [1.165, 1.54) is 0 Å². The monoisotopic (exact) mass is 338 g/mol. The Morgan fingerprint density at radius 1 is 1.00 bits per heavy atom. The average Bonchev–Trinajstić information content (AvgIpc) is 2.59. The first-order valence-corrected chi connectivity index (χ1v) is 8.53. The van der Waals surface area contributed by atoms with E-state index in [-0.39, 0.29) is 11.4 Å². The Morgan fingerprint density at radius 3 is 1.58 bits per heavy atom. The summed E-state index contributed by atoms with van der Waals surface area (Å²) in [5.41, 5.74) is 0.726. The molecule has 0 saturated carbocycles. The van der Waals surface area contributed by atoms with Crippen LogP contribution in [0.15, 0.2) is 48.6 Å². The van der Waals surface area contributed by atoms with E-state index >= 15 is 0 Å². The zero-order valence-corrected chi connectivity index (χ0v) is 17.0. The quantitative estimate of drug-likeness (QED) is 0.495. The number of carbonyl (C=O) groups is 1. The maximum Gasteiger partial charge on any atom is 0.333 e. The smallest absolute Gasteiger partial charge is 0.333 e. The summed E-state index contributed by atoms with van der Waals surface area (Å²) in [6.07, 6.45) is 2.00. The lowest BCUT2D eigenvalue weighted by Crippen LogP contribution is -2.15. The van der Waals surface area contributed by atoms with Crippen molar-refractivity contribution in [2.75, 3.05) is 20.8 Å². The van der Waals surface area contributed by atoms with Gasteiger partial charge in [0, 0.05) is 19.8 Å². The number of carbonyl (C=O) groups excluding carboxylic acids is 1. The summed E-state index contributed by atoms with van der Waals surface area (Å²) in [4.78, 5) is 11.0. The number of benzene rings is 1. The maximum atomic E-state index is 11.0. The molecule has 1 rings (SSSR count). The molecule has 0 fully saturated rings.